The smallest absolute Gasteiger partial charge is 0.336 e. The highest BCUT2D eigenvalue weighted by Gasteiger charge is 2.19. The highest BCUT2D eigenvalue weighted by molar-refractivity contribution is 7.11. The maximum absolute atomic E-state index is 12.2. The molecule has 1 atom stereocenters. The van der Waals surface area contributed by atoms with Gasteiger partial charge in [-0.15, -0.1) is 11.3 Å². The first-order valence-electron chi connectivity index (χ1n) is 6.60. The van der Waals surface area contributed by atoms with Crippen molar-refractivity contribution in [3.63, 3.8) is 0 Å². The minimum absolute atomic E-state index is 0.00409. The van der Waals surface area contributed by atoms with Crippen molar-refractivity contribution in [3.8, 4) is 0 Å². The van der Waals surface area contributed by atoms with E-state index in [1.807, 2.05) is 13.8 Å². The lowest BCUT2D eigenvalue weighted by Gasteiger charge is -2.12. The van der Waals surface area contributed by atoms with E-state index in [1.54, 1.807) is 29.7 Å². The topological polar surface area (TPSA) is 79.3 Å². The van der Waals surface area contributed by atoms with Crippen molar-refractivity contribution in [1.82, 2.24) is 10.3 Å². The van der Waals surface area contributed by atoms with Gasteiger partial charge in [0.15, 0.2) is 0 Å². The molecule has 110 valence electrons. The number of carbonyl (C=O) groups excluding carboxylic acids is 1. The molecule has 0 fully saturated rings. The van der Waals surface area contributed by atoms with Crippen LogP contribution in [0.4, 0.5) is 0 Å². The van der Waals surface area contributed by atoms with Gasteiger partial charge in [-0.1, -0.05) is 19.1 Å². The third kappa shape index (κ3) is 3.46. The molecule has 1 aromatic heterocycles. The number of carboxylic acids is 1. The fourth-order valence-corrected chi connectivity index (χ4v) is 2.75. The number of hydrogen-bond acceptors (Lipinski definition) is 4. The van der Waals surface area contributed by atoms with E-state index < -0.39 is 11.9 Å². The highest BCUT2D eigenvalue weighted by Crippen LogP contribution is 2.21. The van der Waals surface area contributed by atoms with Crippen LogP contribution in [0.3, 0.4) is 0 Å². The fraction of sp³-hybridized carbons (Fsp3) is 0.267. The summed E-state index contributed by atoms with van der Waals surface area (Å²) in [6, 6.07) is 5.90. The van der Waals surface area contributed by atoms with Crippen LogP contribution in [0.5, 0.6) is 0 Å². The molecule has 0 aliphatic carbocycles. The van der Waals surface area contributed by atoms with E-state index >= 15 is 0 Å². The Balaban J connectivity index is 2.16. The molecule has 0 saturated heterocycles. The van der Waals surface area contributed by atoms with Gasteiger partial charge in [-0.2, -0.15) is 0 Å². The van der Waals surface area contributed by atoms with Crippen LogP contribution in [0.1, 0.15) is 50.5 Å². The normalized spacial score (nSPS) is 11.9. The van der Waals surface area contributed by atoms with Gasteiger partial charge < -0.3 is 10.4 Å². The minimum Gasteiger partial charge on any atom is -0.478 e. The van der Waals surface area contributed by atoms with Crippen molar-refractivity contribution in [2.45, 2.75) is 26.3 Å². The quantitative estimate of drug-likeness (QED) is 0.890. The lowest BCUT2D eigenvalue weighted by atomic mass is 10.1. The first-order chi connectivity index (χ1) is 10.0. The summed E-state index contributed by atoms with van der Waals surface area (Å²) in [6.07, 6.45) is 2.70. The average Bonchev–Trinajstić information content (AvgIpc) is 2.96. The number of nitrogens with zero attached hydrogens (tertiary/aromatic N) is 1. The van der Waals surface area contributed by atoms with Crippen LogP contribution in [0.2, 0.25) is 0 Å². The predicted molar refractivity (Wildman–Crippen MR) is 80.8 cm³/mol. The second-order valence-corrected chi connectivity index (χ2v) is 5.71. The number of rotatable bonds is 5. The summed E-state index contributed by atoms with van der Waals surface area (Å²) in [5.41, 5.74) is 0.153. The molecule has 6 heteroatoms. The zero-order chi connectivity index (χ0) is 15.4. The SMILES string of the molecule is CCc1cnc(C(C)NC(=O)c2ccccc2C(=O)O)s1. The minimum atomic E-state index is -1.11. The fourth-order valence-electron chi connectivity index (χ4n) is 1.89. The molecule has 2 aromatic rings. The molecule has 0 saturated carbocycles. The number of nitrogens with one attached hydrogen (secondary N) is 1. The van der Waals surface area contributed by atoms with E-state index in [4.69, 9.17) is 5.11 Å². The monoisotopic (exact) mass is 304 g/mol. The predicted octanol–water partition coefficient (Wildman–Crippen LogP) is 2.89. The average molecular weight is 304 g/mol. The molecule has 5 nitrogen and oxygen atoms in total. The summed E-state index contributed by atoms with van der Waals surface area (Å²) in [6.45, 7) is 3.88. The Kier molecular flexibility index (Phi) is 4.70. The Morgan fingerprint density at radius 1 is 1.33 bits per heavy atom. The Morgan fingerprint density at radius 2 is 2.00 bits per heavy atom. The molecule has 1 unspecified atom stereocenters. The van der Waals surface area contributed by atoms with E-state index in [-0.39, 0.29) is 17.2 Å². The van der Waals surface area contributed by atoms with Crippen molar-refractivity contribution < 1.29 is 14.7 Å². The van der Waals surface area contributed by atoms with Gasteiger partial charge in [-0.05, 0) is 25.5 Å². The first kappa shape index (κ1) is 15.2. The standard InChI is InChI=1S/C15H16N2O3S/c1-3-10-8-16-14(21-10)9(2)17-13(18)11-6-4-5-7-12(11)15(19)20/h4-9H,3H2,1-2H3,(H,17,18)(H,19,20). The molecule has 0 radical (unpaired) electrons. The Bertz CT molecular complexity index is 666. The van der Waals surface area contributed by atoms with Crippen LogP contribution < -0.4 is 5.32 Å². The zero-order valence-corrected chi connectivity index (χ0v) is 12.6. The van der Waals surface area contributed by atoms with E-state index in [9.17, 15) is 9.59 Å². The molecule has 0 bridgehead atoms. The van der Waals surface area contributed by atoms with Crippen LogP contribution in [0.25, 0.3) is 0 Å². The maximum atomic E-state index is 12.2. The molecule has 0 aliphatic heterocycles. The summed E-state index contributed by atoms with van der Waals surface area (Å²) in [5.74, 6) is -1.52. The van der Waals surface area contributed by atoms with Crippen LogP contribution in [-0.2, 0) is 6.42 Å². The van der Waals surface area contributed by atoms with Crippen molar-refractivity contribution in [1.29, 1.82) is 0 Å². The Labute approximate surface area is 126 Å². The summed E-state index contributed by atoms with van der Waals surface area (Å²) in [4.78, 5) is 28.8. The summed E-state index contributed by atoms with van der Waals surface area (Å²) >= 11 is 1.55. The van der Waals surface area contributed by atoms with Gasteiger partial charge in [0, 0.05) is 11.1 Å². The first-order valence-corrected chi connectivity index (χ1v) is 7.42. The number of hydrogen-bond donors (Lipinski definition) is 2. The van der Waals surface area contributed by atoms with E-state index in [0.29, 0.717) is 0 Å². The third-order valence-electron chi connectivity index (χ3n) is 3.04. The molecule has 1 amide bonds. The molecular weight excluding hydrogens is 288 g/mol. The molecule has 0 aliphatic rings. The van der Waals surface area contributed by atoms with E-state index in [2.05, 4.69) is 10.3 Å². The lowest BCUT2D eigenvalue weighted by molar-refractivity contribution is 0.0690. The number of aryl methyl sites for hydroxylation is 1. The number of thiazole rings is 1. The van der Waals surface area contributed by atoms with Crippen LogP contribution in [0.15, 0.2) is 30.5 Å². The van der Waals surface area contributed by atoms with Gasteiger partial charge in [0.05, 0.1) is 17.2 Å². The number of carboxylic acid groups (broad SMARTS) is 1. The van der Waals surface area contributed by atoms with E-state index in [1.165, 1.54) is 12.1 Å². The van der Waals surface area contributed by atoms with Crippen molar-refractivity contribution in [3.05, 3.63) is 51.5 Å². The number of benzene rings is 1. The number of aromatic carboxylic acids is 1. The van der Waals surface area contributed by atoms with Gasteiger partial charge in [0.1, 0.15) is 5.01 Å². The number of carbonyl (C=O) groups is 2. The molecule has 21 heavy (non-hydrogen) atoms. The van der Waals surface area contributed by atoms with Crippen LogP contribution >= 0.6 is 11.3 Å². The molecule has 2 rings (SSSR count). The van der Waals surface area contributed by atoms with E-state index in [0.717, 1.165) is 16.3 Å². The Hall–Kier alpha value is -2.21. The van der Waals surface area contributed by atoms with Crippen LogP contribution in [-0.4, -0.2) is 22.0 Å². The molecule has 1 heterocycles. The third-order valence-corrected chi connectivity index (χ3v) is 4.36. The summed E-state index contributed by atoms with van der Waals surface area (Å²) in [7, 11) is 0. The number of amides is 1. The number of aromatic nitrogens is 1. The molecule has 2 N–H and O–H groups in total. The largest absolute Gasteiger partial charge is 0.478 e. The summed E-state index contributed by atoms with van der Waals surface area (Å²) < 4.78 is 0. The second kappa shape index (κ2) is 6.49. The van der Waals surface area contributed by atoms with Crippen molar-refractivity contribution in [2.24, 2.45) is 0 Å². The Morgan fingerprint density at radius 3 is 2.57 bits per heavy atom. The zero-order valence-electron chi connectivity index (χ0n) is 11.8. The van der Waals surface area contributed by atoms with Crippen LogP contribution in [0, 0.1) is 0 Å². The van der Waals surface area contributed by atoms with Crippen molar-refractivity contribution >= 4 is 23.2 Å². The van der Waals surface area contributed by atoms with Gasteiger partial charge in [0.2, 0.25) is 0 Å². The molecule has 0 spiro atoms. The second-order valence-electron chi connectivity index (χ2n) is 4.56. The maximum Gasteiger partial charge on any atom is 0.336 e. The van der Waals surface area contributed by atoms with Gasteiger partial charge in [0.25, 0.3) is 5.91 Å². The molecular formula is C15H16N2O3S. The van der Waals surface area contributed by atoms with Gasteiger partial charge >= 0.3 is 5.97 Å². The lowest BCUT2D eigenvalue weighted by Crippen LogP contribution is -2.28. The molecule has 1 aromatic carbocycles. The summed E-state index contributed by atoms with van der Waals surface area (Å²) in [5, 5.41) is 12.7. The van der Waals surface area contributed by atoms with Gasteiger partial charge in [-0.25, -0.2) is 9.78 Å². The van der Waals surface area contributed by atoms with Crippen molar-refractivity contribution in [2.75, 3.05) is 0 Å². The van der Waals surface area contributed by atoms with Gasteiger partial charge in [-0.3, -0.25) is 4.79 Å². The highest BCUT2D eigenvalue weighted by atomic mass is 32.1.